The van der Waals surface area contributed by atoms with E-state index >= 15 is 0 Å². The molecule has 0 fully saturated rings. The van der Waals surface area contributed by atoms with E-state index < -0.39 is 0 Å². The molecule has 1 heterocycles. The van der Waals surface area contributed by atoms with Gasteiger partial charge in [-0.3, -0.25) is 4.98 Å². The van der Waals surface area contributed by atoms with E-state index in [0.717, 1.165) is 22.8 Å². The van der Waals surface area contributed by atoms with Crippen LogP contribution in [-0.4, -0.2) is 10.7 Å². The minimum Gasteiger partial charge on any atom is -0.261 e. The van der Waals surface area contributed by atoms with E-state index in [2.05, 4.69) is 17.1 Å². The van der Waals surface area contributed by atoms with Crippen LogP contribution in [0, 0.1) is 6.92 Å². The number of pyridine rings is 1. The SMILES string of the molecule is Cc1ccc(CCSc2ccc(Cl)c(Cl)c2)nc1. The van der Waals surface area contributed by atoms with Crippen LogP contribution in [0.2, 0.25) is 10.0 Å². The number of rotatable bonds is 4. The Kier molecular flexibility index (Phi) is 4.93. The third-order valence-corrected chi connectivity index (χ3v) is 4.23. The fourth-order valence-corrected chi connectivity index (χ4v) is 2.76. The lowest BCUT2D eigenvalue weighted by molar-refractivity contribution is 1.04. The maximum absolute atomic E-state index is 5.97. The zero-order chi connectivity index (χ0) is 13.0. The number of hydrogen-bond acceptors (Lipinski definition) is 2. The van der Waals surface area contributed by atoms with Gasteiger partial charge in [-0.25, -0.2) is 0 Å². The number of aromatic nitrogens is 1. The summed E-state index contributed by atoms with van der Waals surface area (Å²) in [6, 6.07) is 9.88. The van der Waals surface area contributed by atoms with Gasteiger partial charge in [-0.2, -0.15) is 0 Å². The van der Waals surface area contributed by atoms with Crippen molar-refractivity contribution < 1.29 is 0 Å². The van der Waals surface area contributed by atoms with Crippen LogP contribution in [0.1, 0.15) is 11.3 Å². The molecule has 1 aromatic carbocycles. The fourth-order valence-electron chi connectivity index (χ4n) is 1.49. The molecule has 1 nitrogen and oxygen atoms in total. The second kappa shape index (κ2) is 6.46. The van der Waals surface area contributed by atoms with E-state index in [4.69, 9.17) is 23.2 Å². The van der Waals surface area contributed by atoms with Crippen LogP contribution >= 0.6 is 35.0 Å². The van der Waals surface area contributed by atoms with Crippen molar-refractivity contribution in [3.63, 3.8) is 0 Å². The summed E-state index contributed by atoms with van der Waals surface area (Å²) in [4.78, 5) is 5.52. The smallest absolute Gasteiger partial charge is 0.0603 e. The molecule has 0 radical (unpaired) electrons. The molecule has 1 aromatic heterocycles. The van der Waals surface area contributed by atoms with Crippen molar-refractivity contribution in [2.24, 2.45) is 0 Å². The van der Waals surface area contributed by atoms with E-state index in [1.807, 2.05) is 31.3 Å². The van der Waals surface area contributed by atoms with Crippen LogP contribution in [0.5, 0.6) is 0 Å². The van der Waals surface area contributed by atoms with Gasteiger partial charge in [0.1, 0.15) is 0 Å². The Hall–Kier alpha value is -0.700. The Morgan fingerprint density at radius 3 is 2.61 bits per heavy atom. The van der Waals surface area contributed by atoms with Crippen molar-refractivity contribution in [3.8, 4) is 0 Å². The summed E-state index contributed by atoms with van der Waals surface area (Å²) >= 11 is 13.6. The molecule has 94 valence electrons. The normalized spacial score (nSPS) is 10.6. The van der Waals surface area contributed by atoms with Gasteiger partial charge < -0.3 is 0 Å². The molecule has 18 heavy (non-hydrogen) atoms. The van der Waals surface area contributed by atoms with Crippen molar-refractivity contribution in [1.82, 2.24) is 4.98 Å². The molecule has 0 N–H and O–H groups in total. The highest BCUT2D eigenvalue weighted by Gasteiger charge is 2.01. The first-order valence-corrected chi connectivity index (χ1v) is 7.39. The lowest BCUT2D eigenvalue weighted by atomic mass is 10.2. The monoisotopic (exact) mass is 297 g/mol. The summed E-state index contributed by atoms with van der Waals surface area (Å²) in [6.45, 7) is 2.04. The van der Waals surface area contributed by atoms with Crippen LogP contribution in [0.25, 0.3) is 0 Å². The minimum atomic E-state index is 0.598. The lowest BCUT2D eigenvalue weighted by Gasteiger charge is -2.03. The van der Waals surface area contributed by atoms with Gasteiger partial charge in [-0.1, -0.05) is 29.3 Å². The summed E-state index contributed by atoms with van der Waals surface area (Å²) in [5.41, 5.74) is 2.31. The molecule has 4 heteroatoms. The molecule has 2 aromatic rings. The topological polar surface area (TPSA) is 12.9 Å². The Morgan fingerprint density at radius 1 is 1.11 bits per heavy atom. The van der Waals surface area contributed by atoms with Crippen LogP contribution in [0.3, 0.4) is 0 Å². The zero-order valence-electron chi connectivity index (χ0n) is 9.99. The first-order valence-electron chi connectivity index (χ1n) is 5.64. The van der Waals surface area contributed by atoms with Gasteiger partial charge >= 0.3 is 0 Å². The summed E-state index contributed by atoms with van der Waals surface area (Å²) < 4.78 is 0. The molecule has 0 aliphatic heterocycles. The van der Waals surface area contributed by atoms with Gasteiger partial charge in [0.05, 0.1) is 10.0 Å². The molecule has 0 saturated heterocycles. The first-order chi connectivity index (χ1) is 8.65. The summed E-state index contributed by atoms with van der Waals surface area (Å²) in [6.07, 6.45) is 2.85. The highest BCUT2D eigenvalue weighted by atomic mass is 35.5. The van der Waals surface area contributed by atoms with Gasteiger partial charge in [0.15, 0.2) is 0 Å². The van der Waals surface area contributed by atoms with E-state index in [9.17, 15) is 0 Å². The maximum Gasteiger partial charge on any atom is 0.0603 e. The van der Waals surface area contributed by atoms with Crippen LogP contribution in [0.4, 0.5) is 0 Å². The number of benzene rings is 1. The van der Waals surface area contributed by atoms with Crippen molar-refractivity contribution in [1.29, 1.82) is 0 Å². The summed E-state index contributed by atoms with van der Waals surface area (Å²) in [7, 11) is 0. The number of hydrogen-bond donors (Lipinski definition) is 0. The lowest BCUT2D eigenvalue weighted by Crippen LogP contribution is -1.92. The third-order valence-electron chi connectivity index (χ3n) is 2.49. The molecule has 0 atom stereocenters. The maximum atomic E-state index is 5.97. The van der Waals surface area contributed by atoms with Gasteiger partial charge in [-0.05, 0) is 43.2 Å². The second-order valence-electron chi connectivity index (χ2n) is 4.00. The molecule has 0 amide bonds. The first kappa shape index (κ1) is 13.7. The zero-order valence-corrected chi connectivity index (χ0v) is 12.3. The number of thioether (sulfide) groups is 1. The van der Waals surface area contributed by atoms with E-state index in [1.165, 1.54) is 5.56 Å². The van der Waals surface area contributed by atoms with Gasteiger partial charge in [0.2, 0.25) is 0 Å². The largest absolute Gasteiger partial charge is 0.261 e. The number of aryl methyl sites for hydroxylation is 2. The quantitative estimate of drug-likeness (QED) is 0.734. The standard InChI is InChI=1S/C14H13Cl2NS/c1-10-2-3-11(17-9-10)6-7-18-12-4-5-13(15)14(16)8-12/h2-5,8-9H,6-7H2,1H3. The van der Waals surface area contributed by atoms with Crippen molar-refractivity contribution >= 4 is 35.0 Å². The highest BCUT2D eigenvalue weighted by Crippen LogP contribution is 2.28. The molecule has 0 saturated carbocycles. The van der Waals surface area contributed by atoms with E-state index in [0.29, 0.717) is 10.0 Å². The molecule has 0 aliphatic rings. The molecular formula is C14H13Cl2NS. The van der Waals surface area contributed by atoms with Crippen LogP contribution in [-0.2, 0) is 6.42 Å². The average Bonchev–Trinajstić information content (AvgIpc) is 2.36. The van der Waals surface area contributed by atoms with Crippen LogP contribution in [0.15, 0.2) is 41.4 Å². The Morgan fingerprint density at radius 2 is 1.94 bits per heavy atom. The number of halogens is 2. The molecular weight excluding hydrogens is 285 g/mol. The Labute approximate surface area is 122 Å². The van der Waals surface area contributed by atoms with Crippen LogP contribution < -0.4 is 0 Å². The van der Waals surface area contributed by atoms with Crippen molar-refractivity contribution in [2.45, 2.75) is 18.2 Å². The van der Waals surface area contributed by atoms with Gasteiger partial charge in [-0.15, -0.1) is 11.8 Å². The highest BCUT2D eigenvalue weighted by molar-refractivity contribution is 7.99. The number of nitrogens with zero attached hydrogens (tertiary/aromatic N) is 1. The third kappa shape index (κ3) is 3.91. The van der Waals surface area contributed by atoms with Gasteiger partial charge in [0.25, 0.3) is 0 Å². The van der Waals surface area contributed by atoms with E-state index in [-0.39, 0.29) is 0 Å². The molecule has 0 unspecified atom stereocenters. The Bertz CT molecular complexity index is 526. The minimum absolute atomic E-state index is 0.598. The molecule has 0 aliphatic carbocycles. The predicted octanol–water partition coefficient (Wildman–Crippen LogP) is 5.03. The average molecular weight is 298 g/mol. The second-order valence-corrected chi connectivity index (χ2v) is 5.98. The fraction of sp³-hybridized carbons (Fsp3) is 0.214. The molecule has 0 spiro atoms. The summed E-state index contributed by atoms with van der Waals surface area (Å²) in [5.74, 6) is 0.980. The Balaban J connectivity index is 1.88. The van der Waals surface area contributed by atoms with E-state index in [1.54, 1.807) is 11.8 Å². The van der Waals surface area contributed by atoms with Gasteiger partial charge in [0, 0.05) is 22.5 Å². The predicted molar refractivity (Wildman–Crippen MR) is 79.9 cm³/mol. The van der Waals surface area contributed by atoms with Crippen molar-refractivity contribution in [3.05, 3.63) is 57.8 Å². The summed E-state index contributed by atoms with van der Waals surface area (Å²) in [5, 5.41) is 1.20. The molecule has 0 bridgehead atoms. The molecule has 2 rings (SSSR count). The van der Waals surface area contributed by atoms with Crippen molar-refractivity contribution in [2.75, 3.05) is 5.75 Å².